The molecule has 1 amide bonds. The maximum absolute atomic E-state index is 14.0. The zero-order valence-corrected chi connectivity index (χ0v) is 20.9. The molecule has 2 aliphatic heterocycles. The maximum Gasteiger partial charge on any atom is 0.573 e. The molecule has 0 saturated carbocycles. The second-order valence-corrected chi connectivity index (χ2v) is 9.94. The van der Waals surface area contributed by atoms with E-state index >= 15 is 0 Å². The Bertz CT molecular complexity index is 1420. The lowest BCUT2D eigenvalue weighted by Gasteiger charge is -2.35. The van der Waals surface area contributed by atoms with Gasteiger partial charge in [-0.15, -0.1) is 13.2 Å². The first-order chi connectivity index (χ1) is 18.0. The first-order valence-corrected chi connectivity index (χ1v) is 12.4. The Hall–Kier alpha value is -3.88. The molecule has 4 heterocycles. The highest BCUT2D eigenvalue weighted by atomic mass is 19.4. The van der Waals surface area contributed by atoms with Gasteiger partial charge in [0, 0.05) is 37.5 Å². The van der Waals surface area contributed by atoms with Crippen LogP contribution in [-0.2, 0) is 0 Å². The third-order valence-electron chi connectivity index (χ3n) is 7.20. The van der Waals surface area contributed by atoms with Gasteiger partial charge in [-0.05, 0) is 50.3 Å². The highest BCUT2D eigenvalue weighted by molar-refractivity contribution is 5.97. The van der Waals surface area contributed by atoms with Crippen LogP contribution in [0.5, 0.6) is 5.75 Å². The number of halogens is 4. The highest BCUT2D eigenvalue weighted by Gasteiger charge is 2.37. The fourth-order valence-electron chi connectivity index (χ4n) is 5.33. The van der Waals surface area contributed by atoms with Crippen LogP contribution in [0, 0.1) is 35.9 Å². The molecule has 2 fully saturated rings. The van der Waals surface area contributed by atoms with E-state index in [0.29, 0.717) is 37.3 Å². The van der Waals surface area contributed by atoms with Crippen LogP contribution in [0.25, 0.3) is 5.65 Å². The van der Waals surface area contributed by atoms with Gasteiger partial charge in [0.15, 0.2) is 5.65 Å². The SMILES string of the molecule is Cc1cn2nc([C@@H]3CCCCN3C(=O)c3cc(F)ccc3OC(F)(F)F)cc2nc1N1C[C@@H](C#N)[C@@H](C)C1. The van der Waals surface area contributed by atoms with E-state index in [4.69, 9.17) is 4.98 Å². The van der Waals surface area contributed by atoms with E-state index in [1.807, 2.05) is 20.0 Å². The van der Waals surface area contributed by atoms with Gasteiger partial charge < -0.3 is 14.5 Å². The van der Waals surface area contributed by atoms with Crippen molar-refractivity contribution in [2.75, 3.05) is 24.5 Å². The van der Waals surface area contributed by atoms with E-state index in [1.165, 1.54) is 4.90 Å². The first kappa shape index (κ1) is 25.8. The van der Waals surface area contributed by atoms with Crippen LogP contribution in [0.3, 0.4) is 0 Å². The smallest absolute Gasteiger partial charge is 0.405 e. The number of rotatable bonds is 4. The third kappa shape index (κ3) is 4.97. The summed E-state index contributed by atoms with van der Waals surface area (Å²) >= 11 is 0. The summed E-state index contributed by atoms with van der Waals surface area (Å²) in [6.07, 6.45) is -1.22. The molecule has 5 rings (SSSR count). The van der Waals surface area contributed by atoms with Crippen molar-refractivity contribution in [3.63, 3.8) is 0 Å². The summed E-state index contributed by atoms with van der Waals surface area (Å²) in [5.41, 5.74) is 1.48. The second-order valence-electron chi connectivity index (χ2n) is 9.94. The van der Waals surface area contributed by atoms with Gasteiger partial charge in [0.1, 0.15) is 17.4 Å². The van der Waals surface area contributed by atoms with E-state index in [1.54, 1.807) is 10.6 Å². The number of amides is 1. The quantitative estimate of drug-likeness (QED) is 0.440. The van der Waals surface area contributed by atoms with Crippen LogP contribution in [0.1, 0.15) is 53.8 Å². The van der Waals surface area contributed by atoms with Gasteiger partial charge in [0.25, 0.3) is 5.91 Å². The number of piperidine rings is 1. The highest BCUT2D eigenvalue weighted by Crippen LogP contribution is 2.36. The summed E-state index contributed by atoms with van der Waals surface area (Å²) < 4.78 is 58.5. The van der Waals surface area contributed by atoms with Crippen LogP contribution in [0.2, 0.25) is 0 Å². The second kappa shape index (κ2) is 9.78. The average molecular weight is 531 g/mol. The Kier molecular flexibility index (Phi) is 6.63. The van der Waals surface area contributed by atoms with Gasteiger partial charge >= 0.3 is 6.36 Å². The molecular weight excluding hydrogens is 504 g/mol. The van der Waals surface area contributed by atoms with Gasteiger partial charge in [0.2, 0.25) is 0 Å². The fourth-order valence-corrected chi connectivity index (χ4v) is 5.33. The molecule has 0 bridgehead atoms. The molecule has 12 heteroatoms. The molecule has 0 spiro atoms. The van der Waals surface area contributed by atoms with Crippen LogP contribution in [0.4, 0.5) is 23.4 Å². The molecule has 0 unspecified atom stereocenters. The molecule has 2 aliphatic rings. The van der Waals surface area contributed by atoms with Crippen molar-refractivity contribution in [3.05, 3.63) is 53.1 Å². The van der Waals surface area contributed by atoms with Crippen molar-refractivity contribution in [3.8, 4) is 11.8 Å². The number of carbonyl (C=O) groups excluding carboxylic acids is 1. The molecule has 3 atom stereocenters. The van der Waals surface area contributed by atoms with Gasteiger partial charge in [0.05, 0.1) is 29.3 Å². The summed E-state index contributed by atoms with van der Waals surface area (Å²) in [7, 11) is 0. The predicted octanol–water partition coefficient (Wildman–Crippen LogP) is 5.04. The number of aryl methyl sites for hydroxylation is 1. The lowest BCUT2D eigenvalue weighted by molar-refractivity contribution is -0.274. The van der Waals surface area contributed by atoms with Gasteiger partial charge in [-0.1, -0.05) is 6.92 Å². The van der Waals surface area contributed by atoms with Crippen molar-refractivity contribution in [2.24, 2.45) is 11.8 Å². The number of carbonyl (C=O) groups is 1. The van der Waals surface area contributed by atoms with E-state index in [0.717, 1.165) is 36.0 Å². The first-order valence-electron chi connectivity index (χ1n) is 12.4. The van der Waals surface area contributed by atoms with Crippen molar-refractivity contribution in [1.29, 1.82) is 5.26 Å². The zero-order chi connectivity index (χ0) is 27.2. The lowest BCUT2D eigenvalue weighted by Crippen LogP contribution is -2.39. The van der Waals surface area contributed by atoms with E-state index in [9.17, 15) is 27.6 Å². The largest absolute Gasteiger partial charge is 0.573 e. The number of benzene rings is 1. The summed E-state index contributed by atoms with van der Waals surface area (Å²) in [4.78, 5) is 21.8. The monoisotopic (exact) mass is 530 g/mol. The van der Waals surface area contributed by atoms with Gasteiger partial charge in [-0.25, -0.2) is 13.9 Å². The molecule has 38 heavy (non-hydrogen) atoms. The Morgan fingerprint density at radius 2 is 2.00 bits per heavy atom. The Morgan fingerprint density at radius 3 is 2.71 bits per heavy atom. The summed E-state index contributed by atoms with van der Waals surface area (Å²) in [5.74, 6) is -1.45. The van der Waals surface area contributed by atoms with Crippen LogP contribution >= 0.6 is 0 Å². The minimum Gasteiger partial charge on any atom is -0.405 e. The molecule has 2 aromatic heterocycles. The number of aromatic nitrogens is 3. The molecule has 0 N–H and O–H groups in total. The zero-order valence-electron chi connectivity index (χ0n) is 20.9. The van der Waals surface area contributed by atoms with E-state index in [2.05, 4.69) is 20.8 Å². The normalized spacial score (nSPS) is 22.1. The summed E-state index contributed by atoms with van der Waals surface area (Å²) in [6, 6.07) is 5.97. The minimum atomic E-state index is -5.03. The molecular formula is C26H26F4N6O2. The number of likely N-dealkylation sites (tertiary alicyclic amines) is 1. The minimum absolute atomic E-state index is 0.0799. The van der Waals surface area contributed by atoms with Crippen LogP contribution in [-0.4, -0.2) is 51.4 Å². The lowest BCUT2D eigenvalue weighted by atomic mass is 9.98. The molecule has 200 valence electrons. The van der Waals surface area contributed by atoms with Crippen molar-refractivity contribution in [2.45, 2.75) is 45.5 Å². The molecule has 2 saturated heterocycles. The Morgan fingerprint density at radius 1 is 1.21 bits per heavy atom. The standard InChI is InChI=1S/C26H26F4N6O2/c1-15-12-34(14-17(15)11-31)24-16(2)13-36-23(32-24)10-20(33-36)21-5-3-4-8-35(21)25(37)19-9-18(27)6-7-22(19)38-26(28,29)30/h6-7,9-10,13,15,17,21H,3-5,8,12,14H2,1-2H3/t15-,17+,21-/m0/s1. The Labute approximate surface area is 216 Å². The number of hydrogen-bond donors (Lipinski definition) is 0. The topological polar surface area (TPSA) is 86.8 Å². The number of nitriles is 1. The Balaban J connectivity index is 1.47. The summed E-state index contributed by atoms with van der Waals surface area (Å²) in [5, 5.41) is 14.0. The molecule has 3 aromatic rings. The molecule has 0 aliphatic carbocycles. The predicted molar refractivity (Wildman–Crippen MR) is 129 cm³/mol. The van der Waals surface area contributed by atoms with Crippen LogP contribution in [0.15, 0.2) is 30.5 Å². The van der Waals surface area contributed by atoms with Crippen LogP contribution < -0.4 is 9.64 Å². The van der Waals surface area contributed by atoms with Crippen molar-refractivity contribution in [1.82, 2.24) is 19.5 Å². The number of nitrogens with zero attached hydrogens (tertiary/aromatic N) is 6. The molecule has 1 aromatic carbocycles. The number of ether oxygens (including phenoxy) is 1. The number of alkyl halides is 3. The van der Waals surface area contributed by atoms with Gasteiger partial charge in [-0.2, -0.15) is 10.4 Å². The summed E-state index contributed by atoms with van der Waals surface area (Å²) in [6.45, 7) is 5.53. The van der Waals surface area contributed by atoms with E-state index in [-0.39, 0.29) is 18.4 Å². The fraction of sp³-hybridized carbons (Fsp3) is 0.462. The number of hydrogen-bond acceptors (Lipinski definition) is 6. The van der Waals surface area contributed by atoms with E-state index < -0.39 is 35.4 Å². The maximum atomic E-state index is 14.0. The van der Waals surface area contributed by atoms with Crippen molar-refractivity contribution < 1.29 is 27.1 Å². The number of fused-ring (bicyclic) bond motifs is 1. The van der Waals surface area contributed by atoms with Gasteiger partial charge in [-0.3, -0.25) is 4.79 Å². The average Bonchev–Trinajstić information content (AvgIpc) is 3.45. The third-order valence-corrected chi connectivity index (χ3v) is 7.20. The molecule has 8 nitrogen and oxygen atoms in total. The molecule has 0 radical (unpaired) electrons. The number of anilines is 1. The van der Waals surface area contributed by atoms with Crippen molar-refractivity contribution >= 4 is 17.4 Å².